The van der Waals surface area contributed by atoms with Gasteiger partial charge < -0.3 is 15.2 Å². The van der Waals surface area contributed by atoms with Gasteiger partial charge in [-0.25, -0.2) is 13.8 Å². The number of nitrogens with zero attached hydrogens (tertiary/aromatic N) is 1. The van der Waals surface area contributed by atoms with E-state index in [-0.39, 0.29) is 18.5 Å². The van der Waals surface area contributed by atoms with E-state index in [1.54, 1.807) is 0 Å². The Morgan fingerprint density at radius 2 is 2.18 bits per heavy atom. The van der Waals surface area contributed by atoms with E-state index in [2.05, 4.69) is 9.72 Å². The number of carbonyl (C=O) groups is 1. The quantitative estimate of drug-likeness (QED) is 0.788. The van der Waals surface area contributed by atoms with Crippen molar-refractivity contribution in [3.63, 3.8) is 0 Å². The predicted octanol–water partition coefficient (Wildman–Crippen LogP) is 2.21. The van der Waals surface area contributed by atoms with Crippen molar-refractivity contribution in [2.75, 3.05) is 11.9 Å². The van der Waals surface area contributed by atoms with Crippen molar-refractivity contribution in [2.45, 2.75) is 37.2 Å². The van der Waals surface area contributed by atoms with Crippen LogP contribution in [0.1, 0.15) is 19.3 Å². The molecular formula is C13H14F4N2O3. The molecule has 22 heavy (non-hydrogen) atoms. The molecule has 1 fully saturated rings. The first kappa shape index (κ1) is 16.5. The van der Waals surface area contributed by atoms with Gasteiger partial charge in [0.2, 0.25) is 5.88 Å². The van der Waals surface area contributed by atoms with Crippen molar-refractivity contribution in [3.8, 4) is 5.88 Å². The molecule has 0 radical (unpaired) electrons. The van der Waals surface area contributed by atoms with Crippen molar-refractivity contribution in [3.05, 3.63) is 18.3 Å². The second-order valence-corrected chi connectivity index (χ2v) is 4.97. The maximum absolute atomic E-state index is 13.9. The highest BCUT2D eigenvalue weighted by Crippen LogP contribution is 2.44. The summed E-state index contributed by atoms with van der Waals surface area (Å²) in [6.07, 6.45) is -1.55. The summed E-state index contributed by atoms with van der Waals surface area (Å²) in [7, 11) is 0. The largest absolute Gasteiger partial charge is 0.470 e. The molecule has 0 bridgehead atoms. The number of nitrogens with one attached hydrogen (secondary N) is 1. The van der Waals surface area contributed by atoms with E-state index in [1.165, 1.54) is 18.3 Å². The lowest BCUT2D eigenvalue weighted by Crippen LogP contribution is -2.59. The molecule has 0 aliphatic heterocycles. The van der Waals surface area contributed by atoms with Gasteiger partial charge >= 0.3 is 5.92 Å². The molecule has 122 valence electrons. The smallest absolute Gasteiger partial charge is 0.352 e. The number of hydrogen-bond acceptors (Lipinski definition) is 4. The minimum Gasteiger partial charge on any atom is -0.470 e. The van der Waals surface area contributed by atoms with Crippen LogP contribution in [0.3, 0.4) is 0 Å². The van der Waals surface area contributed by atoms with Gasteiger partial charge in [0.25, 0.3) is 12.3 Å². The van der Waals surface area contributed by atoms with Crippen molar-refractivity contribution in [1.29, 1.82) is 0 Å². The first-order valence-corrected chi connectivity index (χ1v) is 6.54. The van der Waals surface area contributed by atoms with Crippen LogP contribution in [0.5, 0.6) is 5.88 Å². The highest BCUT2D eigenvalue weighted by atomic mass is 19.3. The van der Waals surface area contributed by atoms with Crippen LogP contribution >= 0.6 is 0 Å². The molecule has 0 aromatic carbocycles. The monoisotopic (exact) mass is 322 g/mol. The molecule has 0 atom stereocenters. The van der Waals surface area contributed by atoms with Crippen molar-refractivity contribution < 1.29 is 32.2 Å². The molecule has 1 heterocycles. The van der Waals surface area contributed by atoms with Gasteiger partial charge in [0, 0.05) is 6.20 Å². The lowest BCUT2D eigenvalue weighted by molar-refractivity contribution is -0.212. The number of pyridine rings is 1. The zero-order valence-corrected chi connectivity index (χ0v) is 11.4. The molecule has 1 saturated carbocycles. The fraction of sp³-hybridized carbons (Fsp3) is 0.538. The van der Waals surface area contributed by atoms with E-state index in [0.29, 0.717) is 6.42 Å². The molecule has 5 nitrogen and oxygen atoms in total. The Bertz CT molecular complexity index is 550. The summed E-state index contributed by atoms with van der Waals surface area (Å²) in [5, 5.41) is 11.5. The van der Waals surface area contributed by atoms with E-state index in [0.717, 1.165) is 0 Å². The number of carbonyl (C=O) groups excluding carboxylic acids is 1. The summed E-state index contributed by atoms with van der Waals surface area (Å²) in [6, 6.07) is 2.51. The van der Waals surface area contributed by atoms with Gasteiger partial charge in [-0.2, -0.15) is 8.78 Å². The Morgan fingerprint density at radius 3 is 2.73 bits per heavy atom. The number of aromatic nitrogens is 1. The average Bonchev–Trinajstić information content (AvgIpc) is 2.43. The highest BCUT2D eigenvalue weighted by molar-refractivity contribution is 5.98. The normalized spacial score (nSPS) is 17.0. The summed E-state index contributed by atoms with van der Waals surface area (Å²) < 4.78 is 56.8. The number of ether oxygens (including phenoxy) is 1. The van der Waals surface area contributed by atoms with Gasteiger partial charge in [0.05, 0.1) is 0 Å². The third-order valence-electron chi connectivity index (χ3n) is 3.42. The number of hydrogen-bond donors (Lipinski definition) is 2. The van der Waals surface area contributed by atoms with E-state index in [4.69, 9.17) is 0 Å². The molecule has 1 aromatic heterocycles. The van der Waals surface area contributed by atoms with Crippen molar-refractivity contribution in [2.24, 2.45) is 0 Å². The van der Waals surface area contributed by atoms with E-state index >= 15 is 0 Å². The minimum absolute atomic E-state index is 0.185. The number of amides is 1. The first-order chi connectivity index (χ1) is 10.3. The van der Waals surface area contributed by atoms with Gasteiger partial charge in [0.1, 0.15) is 11.3 Å². The van der Waals surface area contributed by atoms with Gasteiger partial charge in [-0.1, -0.05) is 0 Å². The van der Waals surface area contributed by atoms with Crippen LogP contribution in [-0.2, 0) is 4.79 Å². The lowest BCUT2D eigenvalue weighted by atomic mass is 9.75. The zero-order chi connectivity index (χ0) is 16.4. The third kappa shape index (κ3) is 3.13. The van der Waals surface area contributed by atoms with Crippen molar-refractivity contribution >= 4 is 11.6 Å². The molecule has 1 amide bonds. The summed E-state index contributed by atoms with van der Waals surface area (Å²) in [6.45, 7) is -0.986. The molecule has 1 aliphatic carbocycles. The van der Waals surface area contributed by atoms with Crippen molar-refractivity contribution in [1.82, 2.24) is 4.98 Å². The number of anilines is 1. The minimum atomic E-state index is -4.00. The second kappa shape index (κ2) is 6.07. The highest BCUT2D eigenvalue weighted by Gasteiger charge is 2.61. The molecule has 0 spiro atoms. The van der Waals surface area contributed by atoms with Crippen LogP contribution in [0.4, 0.5) is 23.2 Å². The summed E-state index contributed by atoms with van der Waals surface area (Å²) in [5.41, 5.74) is -2.64. The Hall–Kier alpha value is -1.90. The number of rotatable bonds is 6. The summed E-state index contributed by atoms with van der Waals surface area (Å²) >= 11 is 0. The number of alkyl halides is 4. The van der Waals surface area contributed by atoms with E-state index < -0.39 is 36.3 Å². The van der Waals surface area contributed by atoms with Crippen LogP contribution in [0.25, 0.3) is 0 Å². The van der Waals surface area contributed by atoms with Gasteiger partial charge in [-0.3, -0.25) is 4.79 Å². The lowest BCUT2D eigenvalue weighted by Gasteiger charge is -2.41. The molecule has 9 heteroatoms. The first-order valence-electron chi connectivity index (χ1n) is 6.54. The third-order valence-corrected chi connectivity index (χ3v) is 3.42. The molecule has 1 aliphatic rings. The number of aliphatic hydroxyl groups is 1. The van der Waals surface area contributed by atoms with Crippen LogP contribution in [0.15, 0.2) is 18.3 Å². The maximum atomic E-state index is 13.9. The Kier molecular flexibility index (Phi) is 4.55. The zero-order valence-electron chi connectivity index (χ0n) is 11.4. The molecular weight excluding hydrogens is 308 g/mol. The standard InChI is InChI=1S/C13H14F4N2O3/c14-9(15)7-22-10-8(3-1-6-18-10)19-11(20)13(16,17)12(21)4-2-5-12/h1,3,6,9,21H,2,4-5,7H2,(H,19,20). The van der Waals surface area contributed by atoms with Crippen LogP contribution < -0.4 is 10.1 Å². The molecule has 1 aromatic rings. The van der Waals surface area contributed by atoms with Gasteiger partial charge in [0.15, 0.2) is 6.61 Å². The van der Waals surface area contributed by atoms with Gasteiger partial charge in [-0.15, -0.1) is 0 Å². The van der Waals surface area contributed by atoms with Crippen LogP contribution in [0.2, 0.25) is 0 Å². The van der Waals surface area contributed by atoms with Crippen LogP contribution in [0, 0.1) is 0 Å². The maximum Gasteiger partial charge on any atom is 0.352 e. The van der Waals surface area contributed by atoms with E-state index in [1.807, 2.05) is 5.32 Å². The average molecular weight is 322 g/mol. The Morgan fingerprint density at radius 1 is 1.50 bits per heavy atom. The van der Waals surface area contributed by atoms with E-state index in [9.17, 15) is 27.5 Å². The molecule has 0 unspecified atom stereocenters. The Labute approximate surface area is 123 Å². The molecule has 0 saturated heterocycles. The molecule has 2 N–H and O–H groups in total. The second-order valence-electron chi connectivity index (χ2n) is 4.97. The summed E-state index contributed by atoms with van der Waals surface area (Å²) in [4.78, 5) is 15.3. The fourth-order valence-electron chi connectivity index (χ4n) is 1.98. The Balaban J connectivity index is 2.11. The molecule has 2 rings (SSSR count). The number of halogens is 4. The fourth-order valence-corrected chi connectivity index (χ4v) is 1.98. The van der Waals surface area contributed by atoms with Crippen LogP contribution in [-0.4, -0.2) is 40.6 Å². The SMILES string of the molecule is O=C(Nc1cccnc1OCC(F)F)C(F)(F)C1(O)CCC1. The van der Waals surface area contributed by atoms with Gasteiger partial charge in [-0.05, 0) is 31.4 Å². The summed E-state index contributed by atoms with van der Waals surface area (Å²) in [5.74, 6) is -6.13. The predicted molar refractivity (Wildman–Crippen MR) is 68.1 cm³/mol. The topological polar surface area (TPSA) is 71.5 Å².